The van der Waals surface area contributed by atoms with E-state index in [0.29, 0.717) is 19.8 Å². The smallest absolute Gasteiger partial charge is 0.177 e. The van der Waals surface area contributed by atoms with Crippen molar-refractivity contribution in [2.45, 2.75) is 32.9 Å². The zero-order valence-corrected chi connectivity index (χ0v) is 8.52. The van der Waals surface area contributed by atoms with Crippen molar-refractivity contribution in [3.05, 3.63) is 5.82 Å². The fourth-order valence-corrected chi connectivity index (χ4v) is 1.10. The molecule has 0 spiro atoms. The molecule has 1 aromatic heterocycles. The Morgan fingerprint density at radius 3 is 3.00 bits per heavy atom. The summed E-state index contributed by atoms with van der Waals surface area (Å²) < 4.78 is 7.01. The van der Waals surface area contributed by atoms with Gasteiger partial charge >= 0.3 is 0 Å². The van der Waals surface area contributed by atoms with Crippen molar-refractivity contribution in [1.82, 2.24) is 20.2 Å². The predicted molar refractivity (Wildman–Crippen MR) is 51.4 cm³/mol. The Hall–Kier alpha value is -1.01. The Bertz CT molecular complexity index is 250. The first kappa shape index (κ1) is 11.1. The Morgan fingerprint density at radius 2 is 2.29 bits per heavy atom. The molecule has 0 radical (unpaired) electrons. The highest BCUT2D eigenvalue weighted by molar-refractivity contribution is 4.76. The fraction of sp³-hybridized carbons (Fsp3) is 0.875. The number of ether oxygens (including phenoxy) is 1. The summed E-state index contributed by atoms with van der Waals surface area (Å²) >= 11 is 0. The van der Waals surface area contributed by atoms with Gasteiger partial charge in [-0.3, -0.25) is 0 Å². The molecule has 0 atom stereocenters. The highest BCUT2D eigenvalue weighted by Gasteiger charge is 2.04. The van der Waals surface area contributed by atoms with E-state index in [-0.39, 0.29) is 0 Å². The molecule has 0 saturated heterocycles. The average Bonchev–Trinajstić information content (AvgIpc) is 2.63. The molecule has 0 aromatic carbocycles. The van der Waals surface area contributed by atoms with Gasteiger partial charge in [0.1, 0.15) is 6.61 Å². The molecule has 0 amide bonds. The minimum Gasteiger partial charge on any atom is -0.374 e. The van der Waals surface area contributed by atoms with Crippen LogP contribution in [0.1, 0.15) is 25.6 Å². The van der Waals surface area contributed by atoms with E-state index in [1.54, 1.807) is 4.68 Å². The van der Waals surface area contributed by atoms with Crippen LogP contribution in [0.2, 0.25) is 0 Å². The van der Waals surface area contributed by atoms with Crippen molar-refractivity contribution >= 4 is 0 Å². The third kappa shape index (κ3) is 3.39. The molecule has 1 aromatic rings. The van der Waals surface area contributed by atoms with Gasteiger partial charge in [0.15, 0.2) is 5.82 Å². The van der Waals surface area contributed by atoms with Gasteiger partial charge in [-0.05, 0) is 36.7 Å². The van der Waals surface area contributed by atoms with Crippen molar-refractivity contribution in [1.29, 1.82) is 0 Å². The molecular formula is C8H17N5O. The maximum atomic E-state index is 5.40. The van der Waals surface area contributed by atoms with Crippen LogP contribution in [0.3, 0.4) is 0 Å². The van der Waals surface area contributed by atoms with Crippen LogP contribution in [0.5, 0.6) is 0 Å². The molecule has 1 rings (SSSR count). The van der Waals surface area contributed by atoms with Crippen molar-refractivity contribution < 1.29 is 4.74 Å². The Balaban J connectivity index is 2.37. The van der Waals surface area contributed by atoms with Crippen LogP contribution in [0.15, 0.2) is 0 Å². The molecule has 0 aliphatic carbocycles. The van der Waals surface area contributed by atoms with Crippen LogP contribution in [0.4, 0.5) is 0 Å². The molecule has 0 aliphatic rings. The molecule has 0 unspecified atom stereocenters. The third-order valence-corrected chi connectivity index (χ3v) is 1.87. The van der Waals surface area contributed by atoms with Crippen molar-refractivity contribution in [3.8, 4) is 0 Å². The standard InChI is InChI=1S/C8H17N5O/c1-2-14-7-8-10-11-12-13(8)6-4-3-5-9/h2-7,9H2,1H3. The summed E-state index contributed by atoms with van der Waals surface area (Å²) in [6.07, 6.45) is 1.99. The number of tetrazole rings is 1. The van der Waals surface area contributed by atoms with Crippen molar-refractivity contribution in [2.75, 3.05) is 13.2 Å². The molecule has 0 bridgehead atoms. The number of nitrogens with zero attached hydrogens (tertiary/aromatic N) is 4. The van der Waals surface area contributed by atoms with Crippen LogP contribution in [0.25, 0.3) is 0 Å². The number of hydrogen-bond donors (Lipinski definition) is 1. The van der Waals surface area contributed by atoms with Crippen LogP contribution in [-0.4, -0.2) is 33.4 Å². The normalized spacial score (nSPS) is 10.7. The van der Waals surface area contributed by atoms with Crippen LogP contribution in [0, 0.1) is 0 Å². The topological polar surface area (TPSA) is 78.9 Å². The first-order valence-electron chi connectivity index (χ1n) is 4.91. The maximum absolute atomic E-state index is 5.40. The zero-order valence-electron chi connectivity index (χ0n) is 8.52. The fourth-order valence-electron chi connectivity index (χ4n) is 1.10. The monoisotopic (exact) mass is 199 g/mol. The lowest BCUT2D eigenvalue weighted by Crippen LogP contribution is -2.09. The number of aryl methyl sites for hydroxylation is 1. The second-order valence-electron chi connectivity index (χ2n) is 2.95. The van der Waals surface area contributed by atoms with Crippen molar-refractivity contribution in [2.24, 2.45) is 5.73 Å². The largest absolute Gasteiger partial charge is 0.374 e. The molecular weight excluding hydrogens is 182 g/mol. The minimum atomic E-state index is 0.478. The molecule has 0 fully saturated rings. The molecule has 6 heteroatoms. The second kappa shape index (κ2) is 6.44. The zero-order chi connectivity index (χ0) is 10.2. The van der Waals surface area contributed by atoms with Gasteiger partial charge in [0.05, 0.1) is 0 Å². The van der Waals surface area contributed by atoms with Gasteiger partial charge in [0.25, 0.3) is 0 Å². The summed E-state index contributed by atoms with van der Waals surface area (Å²) in [4.78, 5) is 0. The lowest BCUT2D eigenvalue weighted by molar-refractivity contribution is 0.124. The summed E-state index contributed by atoms with van der Waals surface area (Å²) in [7, 11) is 0. The SMILES string of the molecule is CCOCc1nnnn1CCCCN. The molecule has 6 nitrogen and oxygen atoms in total. The predicted octanol–water partition coefficient (Wildman–Crippen LogP) is -0.0515. The minimum absolute atomic E-state index is 0.478. The summed E-state index contributed by atoms with van der Waals surface area (Å²) in [5, 5.41) is 11.4. The van der Waals surface area contributed by atoms with E-state index in [2.05, 4.69) is 15.5 Å². The van der Waals surface area contributed by atoms with Crippen LogP contribution < -0.4 is 5.73 Å². The number of aromatic nitrogens is 4. The highest BCUT2D eigenvalue weighted by Crippen LogP contribution is 1.98. The molecule has 80 valence electrons. The highest BCUT2D eigenvalue weighted by atomic mass is 16.5. The van der Waals surface area contributed by atoms with E-state index in [9.17, 15) is 0 Å². The van der Waals surface area contributed by atoms with Crippen LogP contribution in [-0.2, 0) is 17.9 Å². The van der Waals surface area contributed by atoms with E-state index < -0.39 is 0 Å². The summed E-state index contributed by atoms with van der Waals surface area (Å²) in [5.41, 5.74) is 5.40. The number of unbranched alkanes of at least 4 members (excludes halogenated alkanes) is 1. The Kier molecular flexibility index (Phi) is 5.09. The second-order valence-corrected chi connectivity index (χ2v) is 2.95. The molecule has 14 heavy (non-hydrogen) atoms. The van der Waals surface area contributed by atoms with Gasteiger partial charge in [0.2, 0.25) is 0 Å². The van der Waals surface area contributed by atoms with Gasteiger partial charge in [-0.25, -0.2) is 4.68 Å². The molecule has 1 heterocycles. The van der Waals surface area contributed by atoms with Gasteiger partial charge in [-0.1, -0.05) is 0 Å². The average molecular weight is 199 g/mol. The number of nitrogens with two attached hydrogens (primary N) is 1. The van der Waals surface area contributed by atoms with Gasteiger partial charge < -0.3 is 10.5 Å². The van der Waals surface area contributed by atoms with E-state index in [4.69, 9.17) is 10.5 Å². The summed E-state index contributed by atoms with van der Waals surface area (Å²) in [6, 6.07) is 0. The number of rotatable bonds is 7. The maximum Gasteiger partial charge on any atom is 0.177 e. The van der Waals surface area contributed by atoms with E-state index in [1.807, 2.05) is 6.92 Å². The lowest BCUT2D eigenvalue weighted by Gasteiger charge is -2.03. The third-order valence-electron chi connectivity index (χ3n) is 1.87. The quantitative estimate of drug-likeness (QED) is 0.623. The van der Waals surface area contributed by atoms with E-state index >= 15 is 0 Å². The molecule has 0 saturated carbocycles. The van der Waals surface area contributed by atoms with E-state index in [0.717, 1.165) is 25.2 Å². The Labute approximate surface area is 83.4 Å². The van der Waals surface area contributed by atoms with E-state index in [1.165, 1.54) is 0 Å². The van der Waals surface area contributed by atoms with Crippen molar-refractivity contribution in [3.63, 3.8) is 0 Å². The van der Waals surface area contributed by atoms with Gasteiger partial charge in [0, 0.05) is 13.2 Å². The van der Waals surface area contributed by atoms with Crippen LogP contribution >= 0.6 is 0 Å². The molecule has 0 aliphatic heterocycles. The van der Waals surface area contributed by atoms with Gasteiger partial charge in [-0.2, -0.15) is 0 Å². The lowest BCUT2D eigenvalue weighted by atomic mass is 10.3. The van der Waals surface area contributed by atoms with Gasteiger partial charge in [-0.15, -0.1) is 5.10 Å². The first-order chi connectivity index (χ1) is 6.88. The Morgan fingerprint density at radius 1 is 1.43 bits per heavy atom. The summed E-state index contributed by atoms with van der Waals surface area (Å²) in [5.74, 6) is 0.781. The molecule has 2 N–H and O–H groups in total. The first-order valence-corrected chi connectivity index (χ1v) is 4.91. The summed E-state index contributed by atoms with van der Waals surface area (Å²) in [6.45, 7) is 4.62. The number of hydrogen-bond acceptors (Lipinski definition) is 5.